The molecule has 5 nitrogen and oxygen atoms in total. The number of phenols is 5. The first-order valence-electron chi connectivity index (χ1n) is 16.2. The average Bonchev–Trinajstić information content (AvgIpc) is 3.06. The smallest absolute Gasteiger partial charge is 0.122 e. The average molecular weight is 637 g/mol. The van der Waals surface area contributed by atoms with Gasteiger partial charge in [-0.25, -0.2) is 0 Å². The molecule has 0 heterocycles. The van der Waals surface area contributed by atoms with Crippen LogP contribution < -0.4 is 0 Å². The summed E-state index contributed by atoms with van der Waals surface area (Å²) in [5, 5.41) is 55.9. The number of fused-ring (bicyclic) bond motifs is 10. The van der Waals surface area contributed by atoms with Crippen LogP contribution in [-0.2, 0) is 32.1 Å². The molecule has 1 aliphatic carbocycles. The van der Waals surface area contributed by atoms with Gasteiger partial charge in [-0.05, 0) is 69.5 Å². The number of aryl methyl sites for hydroxylation is 2. The van der Waals surface area contributed by atoms with E-state index in [2.05, 4.69) is 38.1 Å². The SMILES string of the molecule is Cc1cccc(C)c1.Oc1c2cccc1Cc1cccc(c1O)Cc1cccc(c1O)Cc1cccc(c1O)Cc1cccc(c1O)C2. The predicted octanol–water partition coefficient (Wildman–Crippen LogP) is 8.79. The lowest BCUT2D eigenvalue weighted by Gasteiger charge is -2.16. The molecule has 0 fully saturated rings. The third kappa shape index (κ3) is 7.01. The highest BCUT2D eigenvalue weighted by Gasteiger charge is 2.18. The molecule has 0 spiro atoms. The lowest BCUT2D eigenvalue weighted by molar-refractivity contribution is 0.451. The maximum Gasteiger partial charge on any atom is 0.122 e. The van der Waals surface area contributed by atoms with Crippen molar-refractivity contribution in [3.8, 4) is 28.7 Å². The Morgan fingerprint density at radius 2 is 0.458 bits per heavy atom. The molecule has 6 aromatic rings. The van der Waals surface area contributed by atoms with Crippen molar-refractivity contribution in [2.24, 2.45) is 0 Å². The van der Waals surface area contributed by atoms with Gasteiger partial charge in [-0.2, -0.15) is 0 Å². The van der Waals surface area contributed by atoms with Crippen LogP contribution >= 0.6 is 0 Å². The van der Waals surface area contributed by atoms with Gasteiger partial charge in [0.1, 0.15) is 28.7 Å². The van der Waals surface area contributed by atoms with Gasteiger partial charge in [0.25, 0.3) is 0 Å². The van der Waals surface area contributed by atoms with Crippen molar-refractivity contribution >= 4 is 0 Å². The molecule has 5 heteroatoms. The van der Waals surface area contributed by atoms with Crippen LogP contribution in [0.3, 0.4) is 0 Å². The maximum atomic E-state index is 11.2. The van der Waals surface area contributed by atoms with Crippen LogP contribution in [0, 0.1) is 13.8 Å². The Hall–Kier alpha value is -5.68. The van der Waals surface area contributed by atoms with Gasteiger partial charge in [-0.3, -0.25) is 0 Å². The molecule has 0 aromatic heterocycles. The summed E-state index contributed by atoms with van der Waals surface area (Å²) >= 11 is 0. The number of benzene rings is 6. The van der Waals surface area contributed by atoms with Crippen molar-refractivity contribution < 1.29 is 25.5 Å². The molecule has 0 radical (unpaired) electrons. The predicted molar refractivity (Wildman–Crippen MR) is 190 cm³/mol. The fourth-order valence-electron chi connectivity index (χ4n) is 6.48. The number of rotatable bonds is 0. The topological polar surface area (TPSA) is 101 Å². The Labute approximate surface area is 281 Å². The number of hydrogen-bond acceptors (Lipinski definition) is 5. The molecule has 0 amide bonds. The monoisotopic (exact) mass is 636 g/mol. The molecule has 5 N–H and O–H groups in total. The van der Waals surface area contributed by atoms with Crippen LogP contribution in [0.5, 0.6) is 28.7 Å². The molecule has 6 aromatic carbocycles. The summed E-state index contributed by atoms with van der Waals surface area (Å²) in [6.07, 6.45) is 1.62. The molecule has 1 aliphatic rings. The van der Waals surface area contributed by atoms with Crippen molar-refractivity contribution in [3.63, 3.8) is 0 Å². The minimum atomic E-state index is 0.127. The van der Waals surface area contributed by atoms with Crippen molar-refractivity contribution in [2.75, 3.05) is 0 Å². The van der Waals surface area contributed by atoms with Gasteiger partial charge in [-0.15, -0.1) is 0 Å². The van der Waals surface area contributed by atoms with Crippen molar-refractivity contribution in [1.82, 2.24) is 0 Å². The van der Waals surface area contributed by atoms with E-state index in [0.29, 0.717) is 87.7 Å². The molecule has 0 atom stereocenters. The molecule has 48 heavy (non-hydrogen) atoms. The van der Waals surface area contributed by atoms with Gasteiger partial charge in [-0.1, -0.05) is 126 Å². The summed E-state index contributed by atoms with van der Waals surface area (Å²) in [5.74, 6) is 0.635. The van der Waals surface area contributed by atoms with Gasteiger partial charge >= 0.3 is 0 Å². The number of para-hydroxylation sites is 5. The zero-order valence-electron chi connectivity index (χ0n) is 27.2. The molecule has 0 unspecified atom stereocenters. The minimum Gasteiger partial charge on any atom is -0.507 e. The zero-order valence-corrected chi connectivity index (χ0v) is 27.2. The fraction of sp³-hybridized carbons (Fsp3) is 0.163. The Kier molecular flexibility index (Phi) is 9.40. The summed E-state index contributed by atoms with van der Waals surface area (Å²) in [7, 11) is 0. The second kappa shape index (κ2) is 14.0. The van der Waals surface area contributed by atoms with Crippen molar-refractivity contribution in [3.05, 3.63) is 182 Å². The van der Waals surface area contributed by atoms with Gasteiger partial charge in [0.15, 0.2) is 0 Å². The molecule has 242 valence electrons. The van der Waals surface area contributed by atoms with Crippen LogP contribution in [0.1, 0.15) is 66.8 Å². The van der Waals surface area contributed by atoms with E-state index in [0.717, 1.165) is 0 Å². The Balaban J connectivity index is 0.000000441. The molecule has 10 bridgehead atoms. The van der Waals surface area contributed by atoms with E-state index in [1.54, 1.807) is 0 Å². The molecular weight excluding hydrogens is 596 g/mol. The lowest BCUT2D eigenvalue weighted by atomic mass is 9.91. The molecule has 0 saturated heterocycles. The number of aromatic hydroxyl groups is 5. The van der Waals surface area contributed by atoms with Crippen molar-refractivity contribution in [2.45, 2.75) is 46.0 Å². The highest BCUT2D eigenvalue weighted by atomic mass is 16.3. The van der Waals surface area contributed by atoms with Gasteiger partial charge < -0.3 is 25.5 Å². The van der Waals surface area contributed by atoms with Crippen LogP contribution in [0.4, 0.5) is 0 Å². The van der Waals surface area contributed by atoms with Gasteiger partial charge in [0.05, 0.1) is 0 Å². The fourth-order valence-corrected chi connectivity index (χ4v) is 6.48. The van der Waals surface area contributed by atoms with Crippen molar-refractivity contribution in [1.29, 1.82) is 0 Å². The normalized spacial score (nSPS) is 12.4. The van der Waals surface area contributed by atoms with Gasteiger partial charge in [0, 0.05) is 32.1 Å². The third-order valence-corrected chi connectivity index (χ3v) is 9.09. The molecule has 7 rings (SSSR count). The van der Waals surface area contributed by atoms with Crippen LogP contribution in [-0.4, -0.2) is 25.5 Å². The lowest BCUT2D eigenvalue weighted by Crippen LogP contribution is -2.00. The van der Waals surface area contributed by atoms with Crippen LogP contribution in [0.15, 0.2) is 115 Å². The Bertz CT molecular complexity index is 1680. The molecule has 0 saturated carbocycles. The van der Waals surface area contributed by atoms with E-state index in [-0.39, 0.29) is 28.7 Å². The van der Waals surface area contributed by atoms with Gasteiger partial charge in [0.2, 0.25) is 0 Å². The maximum absolute atomic E-state index is 11.2. The zero-order chi connectivity index (χ0) is 33.8. The summed E-state index contributed by atoms with van der Waals surface area (Å²) in [6, 6.07) is 36.1. The second-order valence-electron chi connectivity index (χ2n) is 12.7. The first-order chi connectivity index (χ1) is 23.2. The molecule has 0 aliphatic heterocycles. The van der Waals surface area contributed by atoms with Crippen LogP contribution in [0.25, 0.3) is 0 Å². The Morgan fingerprint density at radius 3 is 0.604 bits per heavy atom. The van der Waals surface area contributed by atoms with E-state index in [1.807, 2.05) is 91.0 Å². The first kappa shape index (κ1) is 32.3. The largest absolute Gasteiger partial charge is 0.507 e. The van der Waals surface area contributed by atoms with E-state index < -0.39 is 0 Å². The Morgan fingerprint density at radius 1 is 0.292 bits per heavy atom. The first-order valence-corrected chi connectivity index (χ1v) is 16.2. The van der Waals surface area contributed by atoms with E-state index in [1.165, 1.54) is 11.1 Å². The summed E-state index contributed by atoms with van der Waals surface area (Å²) in [5.41, 5.74) is 9.36. The summed E-state index contributed by atoms with van der Waals surface area (Å²) in [4.78, 5) is 0. The quantitative estimate of drug-likeness (QED) is 0.115. The summed E-state index contributed by atoms with van der Waals surface area (Å²) < 4.78 is 0. The second-order valence-corrected chi connectivity index (χ2v) is 12.7. The minimum absolute atomic E-state index is 0.127. The van der Waals surface area contributed by atoms with Crippen LogP contribution in [0.2, 0.25) is 0 Å². The number of phenolic OH excluding ortho intramolecular Hbond substituents is 5. The standard InChI is InChI=1S/C35H30O5.C8H10/c36-31-21-6-1-7-22(31)17-24-9-3-11-26(33(24)38)19-28-13-5-15-30(35(28)40)20-29-14-4-12-27(34(29)39)18-25-10-2-8-23(16-21)32(25)37;1-7-4-3-5-8(2)6-7/h1-15,36-40H,16-20H2;3-6H,1-2H3. The highest BCUT2D eigenvalue weighted by molar-refractivity contribution is 5.55. The van der Waals surface area contributed by atoms with E-state index in [9.17, 15) is 25.5 Å². The number of hydrogen-bond donors (Lipinski definition) is 5. The molecular formula is C43H40O5. The van der Waals surface area contributed by atoms with E-state index in [4.69, 9.17) is 0 Å². The third-order valence-electron chi connectivity index (χ3n) is 9.09. The summed E-state index contributed by atoms with van der Waals surface area (Å²) in [6.45, 7) is 4.21. The highest BCUT2D eigenvalue weighted by Crippen LogP contribution is 2.37. The van der Waals surface area contributed by atoms with E-state index >= 15 is 0 Å².